The number of hydrogen-bond acceptors (Lipinski definition) is 4. The molecule has 112 valence electrons. The maximum absolute atomic E-state index is 12.1. The van der Waals surface area contributed by atoms with Gasteiger partial charge in [-0.3, -0.25) is 0 Å². The Balaban J connectivity index is 2.68. The van der Waals surface area contributed by atoms with Crippen molar-refractivity contribution in [2.75, 3.05) is 37.4 Å². The minimum absolute atomic E-state index is 0.242. The number of nitrogens with zero attached hydrogens (tertiary/aromatic N) is 3. The summed E-state index contributed by atoms with van der Waals surface area (Å²) in [5.41, 5.74) is -0.282. The van der Waals surface area contributed by atoms with Crippen molar-refractivity contribution in [3.8, 4) is 0 Å². The van der Waals surface area contributed by atoms with E-state index in [4.69, 9.17) is 0 Å². The number of amides is 2. The number of rotatable bonds is 5. The van der Waals surface area contributed by atoms with E-state index in [1.165, 1.54) is 0 Å². The van der Waals surface area contributed by atoms with Crippen LogP contribution in [0.15, 0.2) is 18.3 Å². The summed E-state index contributed by atoms with van der Waals surface area (Å²) in [5.74, 6) is 0.826. The van der Waals surface area contributed by atoms with Crippen LogP contribution >= 0.6 is 0 Å². The lowest BCUT2D eigenvalue weighted by Crippen LogP contribution is -2.44. The highest BCUT2D eigenvalue weighted by Gasteiger charge is 2.21. The summed E-state index contributed by atoms with van der Waals surface area (Å²) in [6, 6.07) is 3.40. The number of carbonyl (C=O) groups excluding carboxylic acids is 1. The normalized spacial score (nSPS) is 11.1. The SMILES string of the molecule is CCN(CC(C)(C)O)C(=O)Nc1ccc(N(C)C)nc1. The van der Waals surface area contributed by atoms with Crippen LogP contribution in [0.2, 0.25) is 0 Å². The number of nitrogens with one attached hydrogen (secondary N) is 1. The molecule has 2 N–H and O–H groups in total. The van der Waals surface area contributed by atoms with Gasteiger partial charge in [-0.2, -0.15) is 0 Å². The molecular weight excluding hydrogens is 256 g/mol. The van der Waals surface area contributed by atoms with Gasteiger partial charge in [-0.25, -0.2) is 9.78 Å². The molecule has 0 aromatic carbocycles. The van der Waals surface area contributed by atoms with Crippen molar-refractivity contribution in [3.05, 3.63) is 18.3 Å². The highest BCUT2D eigenvalue weighted by Crippen LogP contribution is 2.13. The van der Waals surface area contributed by atoms with Gasteiger partial charge in [-0.05, 0) is 32.9 Å². The van der Waals surface area contributed by atoms with E-state index in [0.717, 1.165) is 5.82 Å². The molecule has 1 heterocycles. The molecule has 2 amide bonds. The second-order valence-corrected chi connectivity index (χ2v) is 5.56. The smallest absolute Gasteiger partial charge is 0.321 e. The molecule has 0 bridgehead atoms. The maximum atomic E-state index is 12.1. The number of likely N-dealkylation sites (N-methyl/N-ethyl adjacent to an activating group) is 1. The van der Waals surface area contributed by atoms with Gasteiger partial charge in [0.2, 0.25) is 0 Å². The number of pyridine rings is 1. The Kier molecular flexibility index (Phi) is 5.33. The summed E-state index contributed by atoms with van der Waals surface area (Å²) >= 11 is 0. The Morgan fingerprint density at radius 1 is 1.40 bits per heavy atom. The molecule has 0 unspecified atom stereocenters. The number of aromatic nitrogens is 1. The zero-order chi connectivity index (χ0) is 15.3. The molecule has 1 aromatic heterocycles. The third-order valence-corrected chi connectivity index (χ3v) is 2.70. The summed E-state index contributed by atoms with van der Waals surface area (Å²) in [6.45, 7) is 6.03. The van der Waals surface area contributed by atoms with Crippen molar-refractivity contribution in [2.45, 2.75) is 26.4 Å². The molecule has 0 radical (unpaired) electrons. The highest BCUT2D eigenvalue weighted by molar-refractivity contribution is 5.89. The Labute approximate surface area is 120 Å². The summed E-state index contributed by atoms with van der Waals surface area (Å²) in [7, 11) is 3.81. The zero-order valence-electron chi connectivity index (χ0n) is 12.8. The Morgan fingerprint density at radius 3 is 2.45 bits per heavy atom. The highest BCUT2D eigenvalue weighted by atomic mass is 16.3. The van der Waals surface area contributed by atoms with Crippen LogP contribution in [0.3, 0.4) is 0 Å². The fraction of sp³-hybridized carbons (Fsp3) is 0.571. The van der Waals surface area contributed by atoms with Gasteiger partial charge in [0.15, 0.2) is 0 Å². The average Bonchev–Trinajstić information content (AvgIpc) is 2.35. The summed E-state index contributed by atoms with van der Waals surface area (Å²) < 4.78 is 0. The second-order valence-electron chi connectivity index (χ2n) is 5.56. The molecule has 0 saturated heterocycles. The summed E-state index contributed by atoms with van der Waals surface area (Å²) in [4.78, 5) is 19.8. The van der Waals surface area contributed by atoms with Gasteiger partial charge < -0.3 is 20.2 Å². The molecule has 20 heavy (non-hydrogen) atoms. The molecule has 0 aliphatic rings. The standard InChI is InChI=1S/C14H24N4O2/c1-6-18(10-14(2,3)20)13(19)16-11-7-8-12(15-9-11)17(4)5/h7-9,20H,6,10H2,1-5H3,(H,16,19). The minimum atomic E-state index is -0.916. The number of hydrogen-bond donors (Lipinski definition) is 2. The van der Waals surface area contributed by atoms with E-state index in [1.54, 1.807) is 31.0 Å². The minimum Gasteiger partial charge on any atom is -0.389 e. The van der Waals surface area contributed by atoms with Gasteiger partial charge in [0.05, 0.1) is 24.0 Å². The number of anilines is 2. The first-order chi connectivity index (χ1) is 9.23. The maximum Gasteiger partial charge on any atom is 0.321 e. The van der Waals surface area contributed by atoms with Crippen LogP contribution in [0.4, 0.5) is 16.3 Å². The van der Waals surface area contributed by atoms with Crippen LogP contribution in [0.25, 0.3) is 0 Å². The van der Waals surface area contributed by atoms with Gasteiger partial charge in [-0.1, -0.05) is 0 Å². The van der Waals surface area contributed by atoms with Crippen molar-refractivity contribution in [1.82, 2.24) is 9.88 Å². The van der Waals surface area contributed by atoms with Gasteiger partial charge in [0.1, 0.15) is 5.82 Å². The van der Waals surface area contributed by atoms with Crippen molar-refractivity contribution < 1.29 is 9.90 Å². The Morgan fingerprint density at radius 2 is 2.05 bits per heavy atom. The lowest BCUT2D eigenvalue weighted by Gasteiger charge is -2.28. The first kappa shape index (κ1) is 16.2. The molecule has 0 atom stereocenters. The molecule has 1 aromatic rings. The first-order valence-electron chi connectivity index (χ1n) is 6.64. The van der Waals surface area contributed by atoms with E-state index in [-0.39, 0.29) is 12.6 Å². The van der Waals surface area contributed by atoms with Crippen molar-refractivity contribution >= 4 is 17.5 Å². The monoisotopic (exact) mass is 280 g/mol. The molecule has 0 aliphatic carbocycles. The molecule has 0 saturated carbocycles. The number of urea groups is 1. The molecule has 0 aliphatic heterocycles. The van der Waals surface area contributed by atoms with E-state index in [0.29, 0.717) is 12.2 Å². The third kappa shape index (κ3) is 5.05. The van der Waals surface area contributed by atoms with Crippen LogP contribution in [0.5, 0.6) is 0 Å². The van der Waals surface area contributed by atoms with Gasteiger partial charge >= 0.3 is 6.03 Å². The molecule has 6 nitrogen and oxygen atoms in total. The summed E-state index contributed by atoms with van der Waals surface area (Å²) in [5, 5.41) is 12.6. The fourth-order valence-corrected chi connectivity index (χ4v) is 1.72. The van der Waals surface area contributed by atoms with Crippen LogP contribution in [0, 0.1) is 0 Å². The van der Waals surface area contributed by atoms with E-state index < -0.39 is 5.60 Å². The first-order valence-corrected chi connectivity index (χ1v) is 6.64. The number of aliphatic hydroxyl groups is 1. The molecular formula is C14H24N4O2. The quantitative estimate of drug-likeness (QED) is 0.862. The van der Waals surface area contributed by atoms with Crippen LogP contribution in [0.1, 0.15) is 20.8 Å². The van der Waals surface area contributed by atoms with E-state index in [9.17, 15) is 9.90 Å². The van der Waals surface area contributed by atoms with Crippen LogP contribution in [-0.4, -0.2) is 53.8 Å². The topological polar surface area (TPSA) is 68.7 Å². The molecule has 0 spiro atoms. The van der Waals surface area contributed by atoms with Gasteiger partial charge in [0, 0.05) is 20.6 Å². The van der Waals surface area contributed by atoms with E-state index in [1.807, 2.05) is 32.0 Å². The van der Waals surface area contributed by atoms with Crippen molar-refractivity contribution in [3.63, 3.8) is 0 Å². The summed E-state index contributed by atoms with van der Waals surface area (Å²) in [6.07, 6.45) is 1.62. The zero-order valence-corrected chi connectivity index (χ0v) is 12.8. The molecule has 6 heteroatoms. The van der Waals surface area contributed by atoms with Crippen LogP contribution in [-0.2, 0) is 0 Å². The van der Waals surface area contributed by atoms with E-state index in [2.05, 4.69) is 10.3 Å². The predicted octanol–water partition coefficient (Wildman–Crippen LogP) is 1.77. The fourth-order valence-electron chi connectivity index (χ4n) is 1.72. The lowest BCUT2D eigenvalue weighted by molar-refractivity contribution is 0.0501. The van der Waals surface area contributed by atoms with Crippen molar-refractivity contribution in [2.24, 2.45) is 0 Å². The Bertz CT molecular complexity index is 437. The molecule has 0 fully saturated rings. The van der Waals surface area contributed by atoms with E-state index >= 15 is 0 Å². The second kappa shape index (κ2) is 6.56. The largest absolute Gasteiger partial charge is 0.389 e. The Hall–Kier alpha value is -1.82. The van der Waals surface area contributed by atoms with Crippen molar-refractivity contribution in [1.29, 1.82) is 0 Å². The predicted molar refractivity (Wildman–Crippen MR) is 81.1 cm³/mol. The third-order valence-electron chi connectivity index (χ3n) is 2.70. The van der Waals surface area contributed by atoms with Gasteiger partial charge in [0.25, 0.3) is 0 Å². The van der Waals surface area contributed by atoms with Crippen LogP contribution < -0.4 is 10.2 Å². The molecule has 1 rings (SSSR count). The van der Waals surface area contributed by atoms with Gasteiger partial charge in [-0.15, -0.1) is 0 Å². The average molecular weight is 280 g/mol. The number of carbonyl (C=O) groups is 1. The lowest BCUT2D eigenvalue weighted by atomic mass is 10.1.